The molecule has 0 N–H and O–H groups in total. The van der Waals surface area contributed by atoms with Crippen LogP contribution in [0, 0.1) is 0 Å². The molecule has 0 unspecified atom stereocenters. The molecule has 0 atom stereocenters. The molecule has 0 rings (SSSR count). The van der Waals surface area contributed by atoms with Gasteiger partial charge in [0.1, 0.15) is 11.9 Å². The number of hydrogen-bond donors (Lipinski definition) is 0. The largest absolute Gasteiger partial charge is 0.288 e. The Morgan fingerprint density at radius 3 is 1.75 bits per heavy atom. The van der Waals surface area contributed by atoms with Crippen molar-refractivity contribution in [1.29, 1.82) is 0 Å². The van der Waals surface area contributed by atoms with Crippen LogP contribution in [0.2, 0.25) is 0 Å². The molecule has 8 heavy (non-hydrogen) atoms. The van der Waals surface area contributed by atoms with Crippen LogP contribution in [0.1, 0.15) is 0 Å². The van der Waals surface area contributed by atoms with Crippen molar-refractivity contribution < 1.29 is 14.4 Å². The molecule has 0 spiro atoms. The molecule has 0 aromatic carbocycles. The number of allylic oxidation sites excluding steroid dienone is 2. The molecule has 0 aliphatic heterocycles. The Hall–Kier alpha value is -1.43. The van der Waals surface area contributed by atoms with Crippen LogP contribution in [0.25, 0.3) is 0 Å². The normalized spacial score (nSPS) is 6.00. The van der Waals surface area contributed by atoms with Crippen LogP contribution in [0.4, 0.5) is 0 Å². The van der Waals surface area contributed by atoms with E-state index >= 15 is 0 Å². The Morgan fingerprint density at radius 1 is 1.12 bits per heavy atom. The topological polar surface area (TPSA) is 51.2 Å². The minimum atomic E-state index is -0.685. The summed E-state index contributed by atoms with van der Waals surface area (Å²) >= 11 is 0. The molecule has 0 aliphatic carbocycles. The second-order valence-corrected chi connectivity index (χ2v) is 0.927. The molecule has 0 fully saturated rings. The average Bonchev–Trinajstić information content (AvgIpc) is 1.68. The van der Waals surface area contributed by atoms with Gasteiger partial charge in [-0.25, -0.2) is 9.59 Å². The van der Waals surface area contributed by atoms with Crippen molar-refractivity contribution in [2.45, 2.75) is 0 Å². The highest BCUT2D eigenvalue weighted by atomic mass is 16.1. The molecule has 0 heterocycles. The van der Waals surface area contributed by atoms with E-state index in [0.717, 1.165) is 0 Å². The van der Waals surface area contributed by atoms with Crippen LogP contribution in [-0.4, -0.2) is 17.7 Å². The molecule has 0 saturated heterocycles. The highest BCUT2D eigenvalue weighted by molar-refractivity contribution is 6.07. The summed E-state index contributed by atoms with van der Waals surface area (Å²) in [6.07, 6.45) is 1.23. The van der Waals surface area contributed by atoms with Crippen LogP contribution in [-0.2, 0) is 14.4 Å². The van der Waals surface area contributed by atoms with Gasteiger partial charge >= 0.3 is 0 Å². The van der Waals surface area contributed by atoms with Crippen molar-refractivity contribution in [3.05, 3.63) is 12.2 Å². The van der Waals surface area contributed by atoms with Gasteiger partial charge < -0.3 is 0 Å². The van der Waals surface area contributed by atoms with Crippen molar-refractivity contribution in [2.75, 3.05) is 0 Å². The zero-order chi connectivity index (χ0) is 6.41. The van der Waals surface area contributed by atoms with Gasteiger partial charge in [0.05, 0.1) is 12.2 Å². The lowest BCUT2D eigenvalue weighted by atomic mass is 10.4. The van der Waals surface area contributed by atoms with Gasteiger partial charge in [0, 0.05) is 0 Å². The van der Waals surface area contributed by atoms with Crippen LogP contribution >= 0.6 is 0 Å². The summed E-state index contributed by atoms with van der Waals surface area (Å²) in [5.74, 6) is 1.75. The van der Waals surface area contributed by atoms with Crippen molar-refractivity contribution in [3.8, 4) is 0 Å². The second kappa shape index (κ2) is 3.75. The molecule has 0 aromatic heterocycles. The zero-order valence-corrected chi connectivity index (χ0v) is 3.88. The molecule has 0 bridgehead atoms. The molecular weight excluding hydrogens is 108 g/mol. The summed E-state index contributed by atoms with van der Waals surface area (Å²) in [6.45, 7) is 0. The maximum Gasteiger partial charge on any atom is 0.200 e. The average molecular weight is 110 g/mol. The number of ketones is 1. The molecule has 40 valence electrons. The molecule has 0 aromatic rings. The molecule has 0 amide bonds. The molecule has 0 saturated carbocycles. The Balaban J connectivity index is 4.04. The Bertz CT molecular complexity index is 160. The molecule has 0 aliphatic rings. The molecule has 0 radical (unpaired) electrons. The first-order valence-electron chi connectivity index (χ1n) is 1.77. The van der Waals surface area contributed by atoms with Crippen molar-refractivity contribution >= 4 is 17.7 Å². The van der Waals surface area contributed by atoms with E-state index in [0.29, 0.717) is 12.2 Å². The van der Waals surface area contributed by atoms with E-state index in [1.165, 1.54) is 11.9 Å². The maximum absolute atomic E-state index is 10.0. The molecule has 3 nitrogen and oxygen atoms in total. The highest BCUT2D eigenvalue weighted by Crippen LogP contribution is 1.66. The summed E-state index contributed by atoms with van der Waals surface area (Å²) in [4.78, 5) is 28.7. The fourth-order valence-corrected chi connectivity index (χ4v) is 0.158. The number of hydrogen-bond acceptors (Lipinski definition) is 3. The third kappa shape index (κ3) is 2.79. The fourth-order valence-electron chi connectivity index (χ4n) is 0.158. The quantitative estimate of drug-likeness (QED) is 0.350. The lowest BCUT2D eigenvalue weighted by Crippen LogP contribution is -1.83. The second-order valence-electron chi connectivity index (χ2n) is 0.927. The first kappa shape index (κ1) is 6.57. The lowest BCUT2D eigenvalue weighted by molar-refractivity contribution is -0.110. The smallest absolute Gasteiger partial charge is 0.200 e. The zero-order valence-electron chi connectivity index (χ0n) is 3.88. The van der Waals surface area contributed by atoms with Gasteiger partial charge in [0.15, 0.2) is 0 Å². The van der Waals surface area contributed by atoms with Gasteiger partial charge in [0.2, 0.25) is 5.78 Å². The van der Waals surface area contributed by atoms with E-state index in [1.807, 2.05) is 0 Å². The third-order valence-corrected chi connectivity index (χ3v) is 0.402. The van der Waals surface area contributed by atoms with Crippen molar-refractivity contribution in [2.24, 2.45) is 0 Å². The monoisotopic (exact) mass is 110 g/mol. The van der Waals surface area contributed by atoms with Gasteiger partial charge in [-0.2, -0.15) is 0 Å². The summed E-state index contributed by atoms with van der Waals surface area (Å²) in [7, 11) is 0. The summed E-state index contributed by atoms with van der Waals surface area (Å²) in [5.41, 5.74) is 0. The molecule has 3 heteroatoms. The fraction of sp³-hybridized carbons (Fsp3) is 0. The number of carbonyl (C=O) groups excluding carboxylic acids is 3. The lowest BCUT2D eigenvalue weighted by Gasteiger charge is -1.64. The minimum Gasteiger partial charge on any atom is -0.288 e. The number of rotatable bonds is 2. The maximum atomic E-state index is 10.0. The first-order valence-corrected chi connectivity index (χ1v) is 1.77. The minimum absolute atomic E-state index is 0.616. The van der Waals surface area contributed by atoms with Gasteiger partial charge in [-0.05, 0) is 0 Å². The third-order valence-electron chi connectivity index (χ3n) is 0.402. The van der Waals surface area contributed by atoms with E-state index in [4.69, 9.17) is 0 Å². The summed E-state index contributed by atoms with van der Waals surface area (Å²) in [6, 6.07) is 0. The van der Waals surface area contributed by atoms with Crippen LogP contribution in [0.15, 0.2) is 12.2 Å². The van der Waals surface area contributed by atoms with E-state index in [9.17, 15) is 14.4 Å². The summed E-state index contributed by atoms with van der Waals surface area (Å²) < 4.78 is 0. The van der Waals surface area contributed by atoms with Crippen molar-refractivity contribution in [1.82, 2.24) is 0 Å². The SMILES string of the molecule is O=C=CC(=O)C=C=O. The van der Waals surface area contributed by atoms with Gasteiger partial charge in [-0.15, -0.1) is 0 Å². The Labute approximate surface area is 45.3 Å². The number of carbonyl (C=O) groups is 1. The van der Waals surface area contributed by atoms with E-state index in [2.05, 4.69) is 0 Å². The van der Waals surface area contributed by atoms with Crippen LogP contribution < -0.4 is 0 Å². The van der Waals surface area contributed by atoms with Crippen molar-refractivity contribution in [3.63, 3.8) is 0 Å². The Kier molecular flexibility index (Phi) is 3.08. The Morgan fingerprint density at radius 2 is 1.50 bits per heavy atom. The van der Waals surface area contributed by atoms with Gasteiger partial charge in [-0.1, -0.05) is 0 Å². The predicted molar refractivity (Wildman–Crippen MR) is 25.5 cm³/mol. The predicted octanol–water partition coefficient (Wildman–Crippen LogP) is -0.669. The van der Waals surface area contributed by atoms with E-state index in [1.54, 1.807) is 0 Å². The highest BCUT2D eigenvalue weighted by Gasteiger charge is 1.84. The standard InChI is InChI=1S/C5H2O3/c6-3-1-5(8)2-4-7/h1-2H. The van der Waals surface area contributed by atoms with E-state index < -0.39 is 5.78 Å². The van der Waals surface area contributed by atoms with E-state index in [-0.39, 0.29) is 0 Å². The van der Waals surface area contributed by atoms with Gasteiger partial charge in [-0.3, -0.25) is 4.79 Å². The first-order chi connectivity index (χ1) is 3.81. The van der Waals surface area contributed by atoms with Crippen LogP contribution in [0.3, 0.4) is 0 Å². The molecular formula is C5H2O3. The van der Waals surface area contributed by atoms with Crippen LogP contribution in [0.5, 0.6) is 0 Å². The summed E-state index contributed by atoms with van der Waals surface area (Å²) in [5, 5.41) is 0. The van der Waals surface area contributed by atoms with Gasteiger partial charge in [0.25, 0.3) is 0 Å².